The van der Waals surface area contributed by atoms with Crippen LogP contribution in [0.2, 0.25) is 0 Å². The summed E-state index contributed by atoms with van der Waals surface area (Å²) in [6.07, 6.45) is 2.05. The number of carbonyl (C=O) groups excluding carboxylic acids is 1. The van der Waals surface area contributed by atoms with E-state index in [9.17, 15) is 9.59 Å². The van der Waals surface area contributed by atoms with Gasteiger partial charge >= 0.3 is 0 Å². The standard InChI is InChI=1S/C21H21N3O4S/c1-27-14-6-8-17(18(12-14)28-2)24-20(26)15-7-5-13(11-16(15)22-21(24)29)19(25)23-9-3-4-10-23/h5-8,11-12H,3-4,9-10H2,1-2H3,(H,22,29). The molecule has 0 unspecified atom stereocenters. The summed E-state index contributed by atoms with van der Waals surface area (Å²) in [5, 5.41) is 0.439. The fourth-order valence-corrected chi connectivity index (χ4v) is 3.93. The van der Waals surface area contributed by atoms with E-state index >= 15 is 0 Å². The van der Waals surface area contributed by atoms with Crippen molar-refractivity contribution < 1.29 is 14.3 Å². The number of aromatic nitrogens is 2. The normalized spacial score (nSPS) is 13.7. The van der Waals surface area contributed by atoms with Crippen LogP contribution in [0.4, 0.5) is 0 Å². The van der Waals surface area contributed by atoms with Crippen molar-refractivity contribution in [2.24, 2.45) is 0 Å². The van der Waals surface area contributed by atoms with Gasteiger partial charge in [-0.2, -0.15) is 0 Å². The lowest BCUT2D eigenvalue weighted by Crippen LogP contribution is -2.27. The second-order valence-electron chi connectivity index (χ2n) is 6.87. The van der Waals surface area contributed by atoms with Gasteiger partial charge in [0.15, 0.2) is 4.77 Å². The van der Waals surface area contributed by atoms with E-state index in [0.29, 0.717) is 33.7 Å². The molecule has 1 N–H and O–H groups in total. The molecule has 2 heterocycles. The predicted octanol–water partition coefficient (Wildman–Crippen LogP) is 3.30. The maximum atomic E-state index is 13.2. The Morgan fingerprint density at radius 3 is 2.52 bits per heavy atom. The lowest BCUT2D eigenvalue weighted by molar-refractivity contribution is 0.0793. The maximum Gasteiger partial charge on any atom is 0.266 e. The van der Waals surface area contributed by atoms with Crippen LogP contribution in [0.5, 0.6) is 11.5 Å². The third kappa shape index (κ3) is 3.40. The van der Waals surface area contributed by atoms with Crippen LogP contribution in [-0.2, 0) is 0 Å². The van der Waals surface area contributed by atoms with Crippen LogP contribution < -0.4 is 15.0 Å². The summed E-state index contributed by atoms with van der Waals surface area (Å²) in [5.41, 5.74) is 1.31. The number of methoxy groups -OCH3 is 2. The minimum Gasteiger partial charge on any atom is -0.497 e. The van der Waals surface area contributed by atoms with Crippen molar-refractivity contribution in [2.45, 2.75) is 12.8 Å². The van der Waals surface area contributed by atoms with E-state index in [0.717, 1.165) is 25.9 Å². The fraction of sp³-hybridized carbons (Fsp3) is 0.286. The number of likely N-dealkylation sites (tertiary alicyclic amines) is 1. The van der Waals surface area contributed by atoms with Crippen molar-refractivity contribution in [3.05, 3.63) is 57.1 Å². The Hall–Kier alpha value is -3.13. The zero-order valence-electron chi connectivity index (χ0n) is 16.2. The molecule has 1 fully saturated rings. The van der Waals surface area contributed by atoms with Crippen LogP contribution >= 0.6 is 12.2 Å². The maximum absolute atomic E-state index is 13.2. The highest BCUT2D eigenvalue weighted by Crippen LogP contribution is 2.27. The van der Waals surface area contributed by atoms with E-state index in [-0.39, 0.29) is 16.2 Å². The van der Waals surface area contributed by atoms with Gasteiger partial charge in [-0.1, -0.05) is 0 Å². The monoisotopic (exact) mass is 411 g/mol. The Labute approximate surface area is 172 Å². The van der Waals surface area contributed by atoms with E-state index in [1.807, 2.05) is 4.90 Å². The van der Waals surface area contributed by atoms with Gasteiger partial charge < -0.3 is 19.4 Å². The molecule has 29 heavy (non-hydrogen) atoms. The highest BCUT2D eigenvalue weighted by molar-refractivity contribution is 7.71. The summed E-state index contributed by atoms with van der Waals surface area (Å²) in [4.78, 5) is 30.8. The zero-order valence-corrected chi connectivity index (χ0v) is 17.0. The highest BCUT2D eigenvalue weighted by Gasteiger charge is 2.20. The molecular formula is C21H21N3O4S. The van der Waals surface area contributed by atoms with Gasteiger partial charge in [0.2, 0.25) is 0 Å². The number of nitrogens with zero attached hydrogens (tertiary/aromatic N) is 2. The molecule has 8 heteroatoms. The minimum atomic E-state index is -0.285. The molecule has 0 spiro atoms. The van der Waals surface area contributed by atoms with Crippen molar-refractivity contribution in [1.82, 2.24) is 14.5 Å². The molecule has 1 amide bonds. The average Bonchev–Trinajstić information content (AvgIpc) is 3.27. The van der Waals surface area contributed by atoms with Gasteiger partial charge in [0.05, 0.1) is 30.8 Å². The van der Waals surface area contributed by atoms with Crippen LogP contribution in [0.25, 0.3) is 16.6 Å². The molecule has 3 aromatic rings. The van der Waals surface area contributed by atoms with Crippen LogP contribution in [0.15, 0.2) is 41.2 Å². The molecule has 1 aromatic heterocycles. The van der Waals surface area contributed by atoms with Crippen LogP contribution in [0.3, 0.4) is 0 Å². The summed E-state index contributed by atoms with van der Waals surface area (Å²) in [6, 6.07) is 10.2. The summed E-state index contributed by atoms with van der Waals surface area (Å²) in [5.74, 6) is 1.05. The number of fused-ring (bicyclic) bond motifs is 1. The summed E-state index contributed by atoms with van der Waals surface area (Å²) in [7, 11) is 3.08. The van der Waals surface area contributed by atoms with Crippen molar-refractivity contribution >= 4 is 29.0 Å². The lowest BCUT2D eigenvalue weighted by Gasteiger charge is -2.16. The molecule has 1 saturated heterocycles. The first-order valence-corrected chi connectivity index (χ1v) is 9.75. The van der Waals surface area contributed by atoms with Crippen molar-refractivity contribution in [3.63, 3.8) is 0 Å². The van der Waals surface area contributed by atoms with Crippen molar-refractivity contribution in [2.75, 3.05) is 27.3 Å². The Balaban J connectivity index is 1.84. The number of ether oxygens (including phenoxy) is 2. The number of H-pyrrole nitrogens is 1. The Kier molecular flexibility index (Phi) is 5.10. The molecule has 0 saturated carbocycles. The van der Waals surface area contributed by atoms with E-state index in [1.54, 1.807) is 43.5 Å². The Morgan fingerprint density at radius 2 is 1.83 bits per heavy atom. The largest absolute Gasteiger partial charge is 0.497 e. The third-order valence-electron chi connectivity index (χ3n) is 5.17. The molecule has 0 aliphatic carbocycles. The summed E-state index contributed by atoms with van der Waals surface area (Å²) >= 11 is 5.46. The van der Waals surface area contributed by atoms with E-state index < -0.39 is 0 Å². The Morgan fingerprint density at radius 1 is 1.07 bits per heavy atom. The molecular weight excluding hydrogens is 390 g/mol. The number of rotatable bonds is 4. The molecule has 1 aliphatic rings. The molecule has 7 nitrogen and oxygen atoms in total. The number of amides is 1. The van der Waals surface area contributed by atoms with Gasteiger partial charge in [-0.15, -0.1) is 0 Å². The smallest absolute Gasteiger partial charge is 0.266 e. The van der Waals surface area contributed by atoms with E-state index in [1.165, 1.54) is 11.7 Å². The van der Waals surface area contributed by atoms with Gasteiger partial charge in [0.1, 0.15) is 11.5 Å². The molecule has 0 radical (unpaired) electrons. The molecule has 2 aromatic carbocycles. The quantitative estimate of drug-likeness (QED) is 0.667. The number of benzene rings is 2. The van der Waals surface area contributed by atoms with Gasteiger partial charge in [0.25, 0.3) is 11.5 Å². The molecule has 150 valence electrons. The molecule has 0 bridgehead atoms. The Bertz CT molecular complexity index is 1210. The SMILES string of the molecule is COc1ccc(-n2c(=S)[nH]c3cc(C(=O)N4CCCC4)ccc3c2=O)c(OC)c1. The van der Waals surface area contributed by atoms with Gasteiger partial charge in [-0.05, 0) is 55.4 Å². The molecule has 0 atom stereocenters. The summed E-state index contributed by atoms with van der Waals surface area (Å²) in [6.45, 7) is 1.54. The number of nitrogens with one attached hydrogen (secondary N) is 1. The predicted molar refractivity (Wildman–Crippen MR) is 113 cm³/mol. The topological polar surface area (TPSA) is 76.6 Å². The van der Waals surface area contributed by atoms with Gasteiger partial charge in [-0.25, -0.2) is 4.57 Å². The second kappa shape index (κ2) is 7.71. The first kappa shape index (κ1) is 19.2. The van der Waals surface area contributed by atoms with E-state index in [2.05, 4.69) is 4.98 Å². The third-order valence-corrected chi connectivity index (χ3v) is 5.45. The minimum absolute atomic E-state index is 0.0234. The average molecular weight is 411 g/mol. The van der Waals surface area contributed by atoms with E-state index in [4.69, 9.17) is 21.7 Å². The first-order chi connectivity index (χ1) is 14.0. The first-order valence-electron chi connectivity index (χ1n) is 9.34. The van der Waals surface area contributed by atoms with Crippen LogP contribution in [0, 0.1) is 4.77 Å². The number of aromatic amines is 1. The molecule has 1 aliphatic heterocycles. The second-order valence-corrected chi connectivity index (χ2v) is 7.25. The van der Waals surface area contributed by atoms with Crippen LogP contribution in [0.1, 0.15) is 23.2 Å². The lowest BCUT2D eigenvalue weighted by atomic mass is 10.1. The zero-order chi connectivity index (χ0) is 20.5. The van der Waals surface area contributed by atoms with Crippen molar-refractivity contribution in [1.29, 1.82) is 0 Å². The van der Waals surface area contributed by atoms with Crippen LogP contribution in [-0.4, -0.2) is 47.7 Å². The fourth-order valence-electron chi connectivity index (χ4n) is 3.64. The van der Waals surface area contributed by atoms with Gasteiger partial charge in [-0.3, -0.25) is 9.59 Å². The van der Waals surface area contributed by atoms with Gasteiger partial charge in [0, 0.05) is 24.7 Å². The van der Waals surface area contributed by atoms with Crippen molar-refractivity contribution in [3.8, 4) is 17.2 Å². The molecule has 4 rings (SSSR count). The number of carbonyl (C=O) groups is 1. The number of hydrogen-bond donors (Lipinski definition) is 1. The summed E-state index contributed by atoms with van der Waals surface area (Å²) < 4.78 is 12.2. The number of hydrogen-bond acceptors (Lipinski definition) is 5. The highest BCUT2D eigenvalue weighted by atomic mass is 32.1.